The monoisotopic (exact) mass is 400 g/mol. The number of piperazine rings is 1. The molecule has 0 saturated carbocycles. The molecule has 150 valence electrons. The number of hydrogen-bond acceptors (Lipinski definition) is 9. The molecule has 5 rings (SSSR count). The van der Waals surface area contributed by atoms with Crippen molar-refractivity contribution in [3.8, 4) is 0 Å². The molecule has 5 heterocycles. The summed E-state index contributed by atoms with van der Waals surface area (Å²) in [6.45, 7) is 7.99. The Morgan fingerprint density at radius 2 is 1.36 bits per heavy atom. The zero-order valence-electron chi connectivity index (χ0n) is 16.5. The summed E-state index contributed by atoms with van der Waals surface area (Å²) in [4.78, 5) is 27.0. The highest BCUT2D eigenvalue weighted by Gasteiger charge is 2.26. The van der Waals surface area contributed by atoms with Crippen molar-refractivity contribution in [2.75, 3.05) is 73.3 Å². The van der Waals surface area contributed by atoms with E-state index in [1.807, 2.05) is 0 Å². The van der Waals surface area contributed by atoms with Crippen LogP contribution in [0.2, 0.25) is 0 Å². The van der Waals surface area contributed by atoms with Crippen molar-refractivity contribution in [3.63, 3.8) is 0 Å². The SMILES string of the molecule is CSc1nc2c(N3CCCC3)nc(N3CCNCC3)nc2nc1N1CCCC1. The number of fused-ring (bicyclic) bond motifs is 1. The first-order chi connectivity index (χ1) is 13.8. The zero-order chi connectivity index (χ0) is 18.9. The van der Waals surface area contributed by atoms with E-state index in [9.17, 15) is 0 Å². The van der Waals surface area contributed by atoms with Crippen molar-refractivity contribution < 1.29 is 0 Å². The van der Waals surface area contributed by atoms with Crippen LogP contribution in [-0.4, -0.2) is 78.5 Å². The van der Waals surface area contributed by atoms with Gasteiger partial charge >= 0.3 is 0 Å². The fourth-order valence-corrected chi connectivity index (χ4v) is 4.87. The second-order valence-electron chi connectivity index (χ2n) is 7.70. The van der Waals surface area contributed by atoms with E-state index in [1.54, 1.807) is 11.8 Å². The standard InChI is InChI=1S/C19H28N8S/c1-28-18-17(26-10-4-5-11-26)22-15-14(21-18)16(25-8-2-3-9-25)24-19(23-15)27-12-6-20-7-13-27/h20H,2-13H2,1H3. The van der Waals surface area contributed by atoms with Gasteiger partial charge in [0.2, 0.25) is 5.95 Å². The summed E-state index contributed by atoms with van der Waals surface area (Å²) >= 11 is 1.67. The van der Waals surface area contributed by atoms with Gasteiger partial charge in [-0.25, -0.2) is 9.97 Å². The third-order valence-electron chi connectivity index (χ3n) is 5.86. The second kappa shape index (κ2) is 7.87. The maximum atomic E-state index is 5.04. The largest absolute Gasteiger partial charge is 0.355 e. The van der Waals surface area contributed by atoms with Crippen molar-refractivity contribution in [1.29, 1.82) is 0 Å². The lowest BCUT2D eigenvalue weighted by Crippen LogP contribution is -2.44. The van der Waals surface area contributed by atoms with E-state index in [-0.39, 0.29) is 0 Å². The quantitative estimate of drug-likeness (QED) is 0.773. The van der Waals surface area contributed by atoms with Gasteiger partial charge in [-0.05, 0) is 31.9 Å². The van der Waals surface area contributed by atoms with Crippen molar-refractivity contribution in [2.24, 2.45) is 0 Å². The summed E-state index contributed by atoms with van der Waals surface area (Å²) < 4.78 is 0. The molecular weight excluding hydrogens is 372 g/mol. The summed E-state index contributed by atoms with van der Waals surface area (Å²) in [6.07, 6.45) is 6.96. The molecule has 9 heteroatoms. The lowest BCUT2D eigenvalue weighted by atomic mass is 10.3. The first-order valence-corrected chi connectivity index (χ1v) is 11.7. The van der Waals surface area contributed by atoms with Crippen molar-refractivity contribution >= 4 is 40.5 Å². The van der Waals surface area contributed by atoms with E-state index in [2.05, 4.69) is 26.3 Å². The number of rotatable bonds is 4. The van der Waals surface area contributed by atoms with E-state index < -0.39 is 0 Å². The lowest BCUT2D eigenvalue weighted by Gasteiger charge is -2.29. The lowest BCUT2D eigenvalue weighted by molar-refractivity contribution is 0.580. The molecule has 3 aliphatic rings. The average molecular weight is 401 g/mol. The Kier molecular flexibility index (Phi) is 5.11. The normalized spacial score (nSPS) is 20.5. The molecule has 3 fully saturated rings. The van der Waals surface area contributed by atoms with Gasteiger partial charge in [-0.15, -0.1) is 11.8 Å². The fourth-order valence-electron chi connectivity index (χ4n) is 4.33. The van der Waals surface area contributed by atoms with Crippen molar-refractivity contribution in [2.45, 2.75) is 30.7 Å². The summed E-state index contributed by atoms with van der Waals surface area (Å²) in [6, 6.07) is 0. The van der Waals surface area contributed by atoms with E-state index >= 15 is 0 Å². The number of nitrogens with zero attached hydrogens (tertiary/aromatic N) is 7. The van der Waals surface area contributed by atoms with Gasteiger partial charge in [-0.1, -0.05) is 0 Å². The summed E-state index contributed by atoms with van der Waals surface area (Å²) in [5, 5.41) is 4.40. The first kappa shape index (κ1) is 18.2. The predicted molar refractivity (Wildman–Crippen MR) is 115 cm³/mol. The molecule has 0 atom stereocenters. The molecule has 1 N–H and O–H groups in total. The van der Waals surface area contributed by atoms with Crippen molar-refractivity contribution in [3.05, 3.63) is 0 Å². The topological polar surface area (TPSA) is 73.3 Å². The van der Waals surface area contributed by atoms with Crippen LogP contribution in [0.25, 0.3) is 11.2 Å². The zero-order valence-corrected chi connectivity index (χ0v) is 17.3. The van der Waals surface area contributed by atoms with Gasteiger partial charge in [0.25, 0.3) is 0 Å². The van der Waals surface area contributed by atoms with Crippen LogP contribution >= 0.6 is 11.8 Å². The fraction of sp³-hybridized carbons (Fsp3) is 0.684. The highest BCUT2D eigenvalue weighted by atomic mass is 32.2. The third kappa shape index (κ3) is 3.34. The molecule has 3 aliphatic heterocycles. The number of hydrogen-bond donors (Lipinski definition) is 1. The van der Waals surface area contributed by atoms with Crippen LogP contribution in [0.1, 0.15) is 25.7 Å². The first-order valence-electron chi connectivity index (χ1n) is 10.4. The van der Waals surface area contributed by atoms with E-state index in [0.717, 1.165) is 86.1 Å². The molecule has 0 amide bonds. The smallest absolute Gasteiger partial charge is 0.229 e. The number of anilines is 3. The molecular formula is C19H28N8S. The average Bonchev–Trinajstić information content (AvgIpc) is 3.47. The Morgan fingerprint density at radius 3 is 2.00 bits per heavy atom. The van der Waals surface area contributed by atoms with Crippen LogP contribution < -0.4 is 20.0 Å². The predicted octanol–water partition coefficient (Wildman–Crippen LogP) is 1.75. The van der Waals surface area contributed by atoms with Gasteiger partial charge < -0.3 is 20.0 Å². The Bertz CT molecular complexity index is 841. The highest BCUT2D eigenvalue weighted by Crippen LogP contribution is 2.33. The number of nitrogens with one attached hydrogen (secondary N) is 1. The minimum absolute atomic E-state index is 0.741. The van der Waals surface area contributed by atoms with Crippen LogP contribution in [-0.2, 0) is 0 Å². The summed E-state index contributed by atoms with van der Waals surface area (Å²) in [5.74, 6) is 2.76. The summed E-state index contributed by atoms with van der Waals surface area (Å²) in [5.41, 5.74) is 1.60. The molecule has 0 bridgehead atoms. The maximum Gasteiger partial charge on any atom is 0.229 e. The van der Waals surface area contributed by atoms with Gasteiger partial charge in [0, 0.05) is 52.4 Å². The van der Waals surface area contributed by atoms with Gasteiger partial charge in [-0.3, -0.25) is 0 Å². The van der Waals surface area contributed by atoms with E-state index in [0.29, 0.717) is 0 Å². The van der Waals surface area contributed by atoms with Gasteiger partial charge in [0.05, 0.1) is 0 Å². The van der Waals surface area contributed by atoms with Crippen LogP contribution in [0.5, 0.6) is 0 Å². The second-order valence-corrected chi connectivity index (χ2v) is 8.50. The van der Waals surface area contributed by atoms with Gasteiger partial charge in [0.15, 0.2) is 22.8 Å². The van der Waals surface area contributed by atoms with Crippen molar-refractivity contribution in [1.82, 2.24) is 25.3 Å². The maximum absolute atomic E-state index is 5.04. The Balaban J connectivity index is 1.65. The molecule has 0 unspecified atom stereocenters. The molecule has 0 spiro atoms. The van der Waals surface area contributed by atoms with E-state index in [1.165, 1.54) is 25.7 Å². The molecule has 8 nitrogen and oxygen atoms in total. The molecule has 28 heavy (non-hydrogen) atoms. The summed E-state index contributed by atoms with van der Waals surface area (Å²) in [7, 11) is 0. The minimum atomic E-state index is 0.741. The Hall–Kier alpha value is -1.87. The minimum Gasteiger partial charge on any atom is -0.355 e. The van der Waals surface area contributed by atoms with E-state index in [4.69, 9.17) is 19.9 Å². The Morgan fingerprint density at radius 1 is 0.714 bits per heavy atom. The number of thioether (sulfide) groups is 1. The molecule has 0 radical (unpaired) electrons. The molecule has 0 aliphatic carbocycles. The molecule has 0 aromatic carbocycles. The highest BCUT2D eigenvalue weighted by molar-refractivity contribution is 7.98. The van der Waals surface area contributed by atoms with Gasteiger partial charge in [0.1, 0.15) is 5.03 Å². The molecule has 2 aromatic heterocycles. The van der Waals surface area contributed by atoms with Crippen LogP contribution in [0.3, 0.4) is 0 Å². The third-order valence-corrected chi connectivity index (χ3v) is 6.52. The van der Waals surface area contributed by atoms with Crippen LogP contribution in [0, 0.1) is 0 Å². The molecule has 2 aromatic rings. The Labute approximate surface area is 170 Å². The number of aromatic nitrogens is 4. The van der Waals surface area contributed by atoms with Crippen LogP contribution in [0.15, 0.2) is 5.03 Å². The molecule has 3 saturated heterocycles. The van der Waals surface area contributed by atoms with Crippen LogP contribution in [0.4, 0.5) is 17.6 Å². The van der Waals surface area contributed by atoms with Gasteiger partial charge in [-0.2, -0.15) is 9.97 Å².